The third-order valence-corrected chi connectivity index (χ3v) is 6.39. The van der Waals surface area contributed by atoms with Crippen molar-refractivity contribution in [2.24, 2.45) is 10.9 Å². The number of hydrogen-bond donors (Lipinski definition) is 2. The Kier molecular flexibility index (Phi) is 6.26. The van der Waals surface area contributed by atoms with Gasteiger partial charge in [0.25, 0.3) is 0 Å². The third kappa shape index (κ3) is 4.64. The topological polar surface area (TPSA) is 109 Å². The van der Waals surface area contributed by atoms with Crippen molar-refractivity contribution in [2.75, 3.05) is 29.9 Å². The van der Waals surface area contributed by atoms with Crippen molar-refractivity contribution < 1.29 is 0 Å². The Morgan fingerprint density at radius 1 is 1.09 bits per heavy atom. The van der Waals surface area contributed by atoms with E-state index >= 15 is 0 Å². The van der Waals surface area contributed by atoms with E-state index in [1.54, 1.807) is 6.20 Å². The Morgan fingerprint density at radius 2 is 1.94 bits per heavy atom. The molecule has 1 aliphatic heterocycles. The van der Waals surface area contributed by atoms with Gasteiger partial charge in [-0.1, -0.05) is 50.2 Å². The van der Waals surface area contributed by atoms with E-state index in [1.165, 1.54) is 0 Å². The van der Waals surface area contributed by atoms with Crippen LogP contribution in [0.2, 0.25) is 0 Å². The van der Waals surface area contributed by atoms with Gasteiger partial charge in [-0.25, -0.2) is 0 Å². The summed E-state index contributed by atoms with van der Waals surface area (Å²) in [6.07, 6.45) is 3.75. The van der Waals surface area contributed by atoms with Gasteiger partial charge in [-0.3, -0.25) is 5.10 Å². The highest BCUT2D eigenvalue weighted by molar-refractivity contribution is 6.02. The number of anilines is 2. The quantitative estimate of drug-likeness (QED) is 0.265. The Morgan fingerprint density at radius 3 is 2.69 bits per heavy atom. The summed E-state index contributed by atoms with van der Waals surface area (Å²) in [6, 6.07) is 20.1. The van der Waals surface area contributed by atoms with Gasteiger partial charge in [-0.2, -0.15) is 10.4 Å². The number of fused-ring (bicyclic) bond motifs is 1. The lowest BCUT2D eigenvalue weighted by Crippen LogP contribution is -2.58. The first-order chi connectivity index (χ1) is 17.1. The van der Waals surface area contributed by atoms with Crippen LogP contribution in [0, 0.1) is 17.4 Å². The van der Waals surface area contributed by atoms with Crippen molar-refractivity contribution in [2.45, 2.75) is 19.9 Å². The van der Waals surface area contributed by atoms with Crippen LogP contribution in [0.3, 0.4) is 0 Å². The molecule has 1 aliphatic rings. The molecule has 1 unspecified atom stereocenters. The van der Waals surface area contributed by atoms with Gasteiger partial charge in [0.1, 0.15) is 0 Å². The van der Waals surface area contributed by atoms with Gasteiger partial charge >= 0.3 is 0 Å². The fourth-order valence-electron chi connectivity index (χ4n) is 4.52. The van der Waals surface area contributed by atoms with Crippen molar-refractivity contribution >= 4 is 28.4 Å². The van der Waals surface area contributed by atoms with Gasteiger partial charge in [0.15, 0.2) is 5.82 Å². The van der Waals surface area contributed by atoms with Crippen LogP contribution in [-0.2, 0) is 0 Å². The zero-order chi connectivity index (χ0) is 24.2. The highest BCUT2D eigenvalue weighted by Gasteiger charge is 2.32. The summed E-state index contributed by atoms with van der Waals surface area (Å²) in [5, 5.41) is 29.9. The third-order valence-electron chi connectivity index (χ3n) is 6.39. The lowest BCUT2D eigenvalue weighted by molar-refractivity contribution is 0.224. The number of nitriles is 1. The van der Waals surface area contributed by atoms with E-state index in [9.17, 15) is 5.26 Å². The predicted octanol–water partition coefficient (Wildman–Crippen LogP) is 4.12. The Bertz CT molecular complexity index is 1350. The largest absolute Gasteiger partial charge is 0.351 e. The minimum absolute atomic E-state index is 0.127. The van der Waals surface area contributed by atoms with Gasteiger partial charge in [-0.05, 0) is 30.2 Å². The fourth-order valence-corrected chi connectivity index (χ4v) is 4.52. The maximum absolute atomic E-state index is 9.44. The molecular weight excluding hydrogens is 438 g/mol. The molecule has 0 spiro atoms. The van der Waals surface area contributed by atoms with E-state index in [0.717, 1.165) is 46.8 Å². The van der Waals surface area contributed by atoms with Gasteiger partial charge in [-0.15, -0.1) is 15.2 Å². The van der Waals surface area contributed by atoms with E-state index in [-0.39, 0.29) is 6.04 Å². The number of hydrogen-bond acceptors (Lipinski definition) is 6. The number of guanidine groups is 1. The van der Waals surface area contributed by atoms with Crippen LogP contribution < -0.4 is 10.2 Å². The van der Waals surface area contributed by atoms with Crippen LogP contribution in [0.4, 0.5) is 11.5 Å². The minimum atomic E-state index is 0.127. The predicted molar refractivity (Wildman–Crippen MR) is 138 cm³/mol. The van der Waals surface area contributed by atoms with Gasteiger partial charge < -0.3 is 15.1 Å². The van der Waals surface area contributed by atoms with E-state index in [4.69, 9.17) is 0 Å². The molecule has 0 radical (unpaired) electrons. The molecule has 4 aromatic rings. The summed E-state index contributed by atoms with van der Waals surface area (Å²) in [5.41, 5.74) is 3.69. The number of aromatic nitrogens is 4. The first-order valence-corrected chi connectivity index (χ1v) is 11.7. The van der Waals surface area contributed by atoms with E-state index in [2.05, 4.69) is 54.4 Å². The Balaban J connectivity index is 1.36. The number of benzene rings is 2. The zero-order valence-corrected chi connectivity index (χ0v) is 19.8. The molecule has 5 rings (SSSR count). The van der Waals surface area contributed by atoms with Crippen LogP contribution in [0.15, 0.2) is 71.9 Å². The number of nitrogens with one attached hydrogen (secondary N) is 2. The monoisotopic (exact) mass is 465 g/mol. The van der Waals surface area contributed by atoms with Gasteiger partial charge in [0, 0.05) is 30.6 Å². The van der Waals surface area contributed by atoms with Gasteiger partial charge in [0.2, 0.25) is 12.2 Å². The zero-order valence-electron chi connectivity index (χ0n) is 19.8. The summed E-state index contributed by atoms with van der Waals surface area (Å²) in [6.45, 7) is 6.56. The SMILES string of the molecule is CC(C)C1CN(c2ccc(-c3ccccc3)nn2)CCN1/C(=N\C#N)Nc1cccc2[nH]ncc12. The normalized spacial score (nSPS) is 16.5. The summed E-state index contributed by atoms with van der Waals surface area (Å²) < 4.78 is 0. The van der Waals surface area contributed by atoms with Crippen molar-refractivity contribution in [3.05, 3.63) is 66.9 Å². The van der Waals surface area contributed by atoms with Crippen molar-refractivity contribution in [1.29, 1.82) is 5.26 Å². The van der Waals surface area contributed by atoms with E-state index < -0.39 is 0 Å². The first-order valence-electron chi connectivity index (χ1n) is 11.7. The number of H-pyrrole nitrogens is 1. The molecule has 1 fully saturated rings. The van der Waals surface area contributed by atoms with E-state index in [1.807, 2.05) is 66.9 Å². The molecule has 35 heavy (non-hydrogen) atoms. The molecular formula is C26H27N9. The average Bonchev–Trinajstić information content (AvgIpc) is 3.39. The molecule has 0 saturated carbocycles. The number of piperazine rings is 1. The number of aromatic amines is 1. The Labute approximate surface area is 204 Å². The van der Waals surface area contributed by atoms with Crippen LogP contribution >= 0.6 is 0 Å². The maximum atomic E-state index is 9.44. The Hall–Kier alpha value is -4.45. The number of rotatable bonds is 4. The summed E-state index contributed by atoms with van der Waals surface area (Å²) in [4.78, 5) is 8.61. The summed E-state index contributed by atoms with van der Waals surface area (Å²) in [7, 11) is 0. The highest BCUT2D eigenvalue weighted by Crippen LogP contribution is 2.26. The molecule has 0 amide bonds. The number of nitrogens with zero attached hydrogens (tertiary/aromatic N) is 7. The molecule has 0 bridgehead atoms. The molecule has 2 N–H and O–H groups in total. The summed E-state index contributed by atoms with van der Waals surface area (Å²) >= 11 is 0. The van der Waals surface area contributed by atoms with Crippen LogP contribution in [0.5, 0.6) is 0 Å². The van der Waals surface area contributed by atoms with Crippen molar-refractivity contribution in [3.8, 4) is 17.5 Å². The van der Waals surface area contributed by atoms with Crippen molar-refractivity contribution in [3.63, 3.8) is 0 Å². The smallest absolute Gasteiger partial charge is 0.214 e. The lowest BCUT2D eigenvalue weighted by Gasteiger charge is -2.44. The second-order valence-electron chi connectivity index (χ2n) is 8.89. The van der Waals surface area contributed by atoms with Gasteiger partial charge in [0.05, 0.1) is 29.1 Å². The molecule has 1 atom stereocenters. The second kappa shape index (κ2) is 9.81. The minimum Gasteiger partial charge on any atom is -0.351 e. The van der Waals surface area contributed by atoms with Crippen LogP contribution in [0.1, 0.15) is 13.8 Å². The molecule has 2 aromatic carbocycles. The molecule has 3 heterocycles. The molecule has 2 aromatic heterocycles. The van der Waals surface area contributed by atoms with Crippen molar-refractivity contribution in [1.82, 2.24) is 25.3 Å². The molecule has 176 valence electrons. The summed E-state index contributed by atoms with van der Waals surface area (Å²) in [5.74, 6) is 1.72. The van der Waals surface area contributed by atoms with Crippen LogP contribution in [-0.4, -0.2) is 56.9 Å². The highest BCUT2D eigenvalue weighted by atomic mass is 15.4. The lowest BCUT2D eigenvalue weighted by atomic mass is 9.99. The average molecular weight is 466 g/mol. The van der Waals surface area contributed by atoms with E-state index in [0.29, 0.717) is 18.4 Å². The molecule has 9 heteroatoms. The first kappa shape index (κ1) is 22.3. The molecule has 1 saturated heterocycles. The standard InChI is InChI=1S/C26H27N9/c1-18(2)24-16-34(25-12-11-21(32-33-25)19-7-4-3-5-8-19)13-14-35(24)26(28-17-27)30-22-9-6-10-23-20(22)15-29-31-23/h3-12,15,18,24H,13-14,16H2,1-2H3,(H,28,30)(H,29,31). The second-order valence-corrected chi connectivity index (χ2v) is 8.89. The number of aliphatic imine (C=N–C) groups is 1. The fraction of sp³-hybridized carbons (Fsp3) is 0.269. The molecule has 0 aliphatic carbocycles. The maximum Gasteiger partial charge on any atom is 0.214 e. The molecule has 9 nitrogen and oxygen atoms in total. The van der Waals surface area contributed by atoms with Crippen LogP contribution in [0.25, 0.3) is 22.2 Å².